The highest BCUT2D eigenvalue weighted by Crippen LogP contribution is 2.28. The fourth-order valence-electron chi connectivity index (χ4n) is 3.07. The Morgan fingerprint density at radius 2 is 1.95 bits per heavy atom. The van der Waals surface area contributed by atoms with Crippen molar-refractivity contribution in [3.63, 3.8) is 0 Å². The Kier molecular flexibility index (Phi) is 3.70. The zero-order valence-corrected chi connectivity index (χ0v) is 11.4. The summed E-state index contributed by atoms with van der Waals surface area (Å²) < 4.78 is 0. The van der Waals surface area contributed by atoms with Gasteiger partial charge in [0.05, 0.1) is 12.1 Å². The highest BCUT2D eigenvalue weighted by molar-refractivity contribution is 5.99. The minimum atomic E-state index is -0.00289. The summed E-state index contributed by atoms with van der Waals surface area (Å²) in [7, 11) is 0. The number of rotatable bonds is 3. The predicted octanol–water partition coefficient (Wildman–Crippen LogP) is 2.64. The summed E-state index contributed by atoms with van der Waals surface area (Å²) in [4.78, 5) is 14.5. The van der Waals surface area contributed by atoms with Crippen LogP contribution in [0, 0.1) is 11.8 Å². The minimum Gasteiger partial charge on any atom is -0.507 e. The zero-order chi connectivity index (χ0) is 13.9. The third-order valence-electron chi connectivity index (χ3n) is 4.20. The largest absolute Gasteiger partial charge is 0.507 e. The van der Waals surface area contributed by atoms with Gasteiger partial charge in [-0.05, 0) is 36.9 Å². The first kappa shape index (κ1) is 13.1. The molecular formula is C17H19NO2. The second-order valence-corrected chi connectivity index (χ2v) is 5.56. The number of aromatic hydroxyl groups is 1. The van der Waals surface area contributed by atoms with Crippen molar-refractivity contribution in [1.29, 1.82) is 0 Å². The minimum absolute atomic E-state index is 0.00289. The van der Waals surface area contributed by atoms with Crippen LogP contribution in [-0.2, 0) is 0 Å². The van der Waals surface area contributed by atoms with E-state index in [0.29, 0.717) is 23.9 Å². The number of phenols is 1. The van der Waals surface area contributed by atoms with E-state index in [1.807, 2.05) is 0 Å². The van der Waals surface area contributed by atoms with E-state index >= 15 is 0 Å². The maximum absolute atomic E-state index is 12.3. The number of carbonyl (C=O) groups is 1. The van der Waals surface area contributed by atoms with Crippen molar-refractivity contribution in [2.24, 2.45) is 11.8 Å². The molecule has 1 aromatic carbocycles. The number of piperidine rings is 1. The number of allylic oxidation sites excluding steroid dienone is 3. The molecule has 3 heteroatoms. The van der Waals surface area contributed by atoms with Crippen LogP contribution in [0.1, 0.15) is 16.8 Å². The molecule has 0 spiro atoms. The van der Waals surface area contributed by atoms with Gasteiger partial charge in [-0.25, -0.2) is 0 Å². The van der Waals surface area contributed by atoms with Gasteiger partial charge in [0.15, 0.2) is 5.78 Å². The summed E-state index contributed by atoms with van der Waals surface area (Å²) >= 11 is 0. The first-order valence-electron chi connectivity index (χ1n) is 7.12. The third-order valence-corrected chi connectivity index (χ3v) is 4.20. The van der Waals surface area contributed by atoms with Crippen LogP contribution < -0.4 is 0 Å². The molecule has 20 heavy (non-hydrogen) atoms. The van der Waals surface area contributed by atoms with Gasteiger partial charge in [-0.1, -0.05) is 36.4 Å². The average Bonchev–Trinajstić information content (AvgIpc) is 2.47. The Balaban J connectivity index is 1.64. The first-order chi connectivity index (χ1) is 9.74. The van der Waals surface area contributed by atoms with Crippen molar-refractivity contribution in [2.45, 2.75) is 6.42 Å². The molecule has 2 atom stereocenters. The summed E-state index contributed by atoms with van der Waals surface area (Å²) in [5.74, 6) is 1.21. The van der Waals surface area contributed by atoms with Gasteiger partial charge in [0, 0.05) is 6.54 Å². The van der Waals surface area contributed by atoms with Crippen LogP contribution in [0.2, 0.25) is 0 Å². The summed E-state index contributed by atoms with van der Waals surface area (Å²) in [5.41, 5.74) is 0.425. The number of likely N-dealkylation sites (tertiary alicyclic amines) is 1. The fourth-order valence-corrected chi connectivity index (χ4v) is 3.07. The van der Waals surface area contributed by atoms with Crippen LogP contribution in [0.4, 0.5) is 0 Å². The molecule has 3 nitrogen and oxygen atoms in total. The zero-order valence-electron chi connectivity index (χ0n) is 11.4. The highest BCUT2D eigenvalue weighted by Gasteiger charge is 2.28. The maximum atomic E-state index is 12.3. The molecule has 0 unspecified atom stereocenters. The fraction of sp³-hybridized carbons (Fsp3) is 0.353. The van der Waals surface area contributed by atoms with Crippen molar-refractivity contribution in [2.75, 3.05) is 19.6 Å². The van der Waals surface area contributed by atoms with Gasteiger partial charge in [0.2, 0.25) is 0 Å². The number of benzene rings is 1. The number of Topliss-reactive ketones (excluding diaryl/α,β-unsaturated/α-hetero) is 1. The predicted molar refractivity (Wildman–Crippen MR) is 78.8 cm³/mol. The Bertz CT molecular complexity index is 562. The van der Waals surface area contributed by atoms with E-state index in [1.54, 1.807) is 24.3 Å². The summed E-state index contributed by atoms with van der Waals surface area (Å²) in [6.07, 6.45) is 9.81. The molecule has 0 bridgehead atoms. The van der Waals surface area contributed by atoms with Crippen molar-refractivity contribution in [3.8, 4) is 5.75 Å². The van der Waals surface area contributed by atoms with Gasteiger partial charge in [0.1, 0.15) is 5.75 Å². The molecule has 1 aliphatic carbocycles. The van der Waals surface area contributed by atoms with Crippen molar-refractivity contribution >= 4 is 5.78 Å². The monoisotopic (exact) mass is 269 g/mol. The van der Waals surface area contributed by atoms with Crippen molar-refractivity contribution in [1.82, 2.24) is 4.90 Å². The highest BCUT2D eigenvalue weighted by atomic mass is 16.3. The Morgan fingerprint density at radius 3 is 2.75 bits per heavy atom. The summed E-state index contributed by atoms with van der Waals surface area (Å²) in [5, 5.41) is 9.74. The summed E-state index contributed by atoms with van der Waals surface area (Å²) in [6.45, 7) is 2.25. The molecule has 2 aliphatic rings. The molecule has 0 amide bonds. The Hall–Kier alpha value is -1.87. The number of hydrogen-bond donors (Lipinski definition) is 1. The lowest BCUT2D eigenvalue weighted by Crippen LogP contribution is -2.42. The number of phenolic OH excluding ortho intramolecular Hbond substituents is 1. The van der Waals surface area contributed by atoms with Gasteiger partial charge in [-0.3, -0.25) is 9.69 Å². The molecule has 104 valence electrons. The van der Waals surface area contributed by atoms with Crippen LogP contribution in [-0.4, -0.2) is 35.4 Å². The van der Waals surface area contributed by atoms with E-state index in [9.17, 15) is 9.90 Å². The molecular weight excluding hydrogens is 250 g/mol. The van der Waals surface area contributed by atoms with Crippen LogP contribution in [0.25, 0.3) is 0 Å². The standard InChI is InChI=1S/C17H19NO2/c19-16-8-4-3-7-15(16)17(20)12-18-10-9-13-5-1-2-6-14(13)11-18/h1-8,13-14,19H,9-12H2/t13-,14+/m1/s1. The van der Waals surface area contributed by atoms with Crippen molar-refractivity contribution in [3.05, 3.63) is 54.1 Å². The van der Waals surface area contributed by atoms with Crippen LogP contribution >= 0.6 is 0 Å². The molecule has 0 radical (unpaired) electrons. The van der Waals surface area contributed by atoms with Gasteiger partial charge >= 0.3 is 0 Å². The molecule has 3 rings (SSSR count). The van der Waals surface area contributed by atoms with E-state index < -0.39 is 0 Å². The first-order valence-corrected chi connectivity index (χ1v) is 7.12. The maximum Gasteiger partial charge on any atom is 0.180 e. The SMILES string of the molecule is O=C(CN1CC[C@H]2C=CC=C[C@H]2C1)c1ccccc1O. The lowest BCUT2D eigenvalue weighted by Gasteiger charge is -2.36. The van der Waals surface area contributed by atoms with Gasteiger partial charge < -0.3 is 5.11 Å². The number of carbonyl (C=O) groups excluding carboxylic acids is 1. The molecule has 0 saturated carbocycles. The van der Waals surface area contributed by atoms with Gasteiger partial charge in [-0.2, -0.15) is 0 Å². The van der Waals surface area contributed by atoms with E-state index in [4.69, 9.17) is 0 Å². The molecule has 1 saturated heterocycles. The van der Waals surface area contributed by atoms with Crippen LogP contribution in [0.5, 0.6) is 5.75 Å². The van der Waals surface area contributed by atoms with E-state index in [2.05, 4.69) is 29.2 Å². The second-order valence-electron chi connectivity index (χ2n) is 5.56. The normalized spacial score (nSPS) is 25.4. The number of hydrogen-bond acceptors (Lipinski definition) is 3. The lowest BCUT2D eigenvalue weighted by atomic mass is 9.82. The van der Waals surface area contributed by atoms with Gasteiger partial charge in [-0.15, -0.1) is 0 Å². The number of para-hydroxylation sites is 1. The van der Waals surface area contributed by atoms with Gasteiger partial charge in [0.25, 0.3) is 0 Å². The Morgan fingerprint density at radius 1 is 1.20 bits per heavy atom. The quantitative estimate of drug-likeness (QED) is 0.858. The Labute approximate surface area is 119 Å². The second kappa shape index (κ2) is 5.63. The molecule has 1 aliphatic heterocycles. The topological polar surface area (TPSA) is 40.5 Å². The summed E-state index contributed by atoms with van der Waals surface area (Å²) in [6, 6.07) is 6.77. The molecule has 1 heterocycles. The smallest absolute Gasteiger partial charge is 0.180 e. The number of ketones is 1. The molecule has 0 aromatic heterocycles. The van der Waals surface area contributed by atoms with E-state index in [1.165, 1.54) is 0 Å². The van der Waals surface area contributed by atoms with Crippen molar-refractivity contribution < 1.29 is 9.90 Å². The number of nitrogens with zero attached hydrogens (tertiary/aromatic N) is 1. The molecule has 1 fully saturated rings. The van der Waals surface area contributed by atoms with E-state index in [-0.39, 0.29) is 11.5 Å². The number of fused-ring (bicyclic) bond motifs is 1. The van der Waals surface area contributed by atoms with Crippen LogP contribution in [0.15, 0.2) is 48.6 Å². The molecule has 1 aromatic rings. The third kappa shape index (κ3) is 2.68. The molecule has 1 N–H and O–H groups in total. The average molecular weight is 269 g/mol. The lowest BCUT2D eigenvalue weighted by molar-refractivity contribution is 0.0876. The van der Waals surface area contributed by atoms with Crippen LogP contribution in [0.3, 0.4) is 0 Å². The van der Waals surface area contributed by atoms with E-state index in [0.717, 1.165) is 19.5 Å².